The number of esters is 1. The largest absolute Gasteiger partial charge is 0.465 e. The highest BCUT2D eigenvalue weighted by molar-refractivity contribution is 5.89. The van der Waals surface area contributed by atoms with Crippen molar-refractivity contribution in [1.82, 2.24) is 9.97 Å². The molecule has 96 valence electrons. The van der Waals surface area contributed by atoms with E-state index in [9.17, 15) is 14.9 Å². The minimum absolute atomic E-state index is 0.114. The number of rotatable bonds is 3. The maximum Gasteiger partial charge on any atom is 0.339 e. The van der Waals surface area contributed by atoms with Crippen LogP contribution in [0.1, 0.15) is 10.4 Å². The summed E-state index contributed by atoms with van der Waals surface area (Å²) >= 11 is 0. The monoisotopic (exact) mass is 259 g/mol. The molecule has 7 nitrogen and oxygen atoms in total. The van der Waals surface area contributed by atoms with Gasteiger partial charge in [-0.1, -0.05) is 0 Å². The summed E-state index contributed by atoms with van der Waals surface area (Å²) in [6.45, 7) is 0. The van der Waals surface area contributed by atoms with Crippen molar-refractivity contribution >= 4 is 11.7 Å². The Labute approximate surface area is 108 Å². The third-order valence-corrected chi connectivity index (χ3v) is 2.41. The highest BCUT2D eigenvalue weighted by Crippen LogP contribution is 2.20. The molecule has 0 spiro atoms. The highest BCUT2D eigenvalue weighted by atomic mass is 16.6. The van der Waals surface area contributed by atoms with Gasteiger partial charge in [0.2, 0.25) is 0 Å². The molecule has 0 unspecified atom stereocenters. The van der Waals surface area contributed by atoms with Crippen LogP contribution in [0.3, 0.4) is 0 Å². The van der Waals surface area contributed by atoms with Gasteiger partial charge in [0.25, 0.3) is 5.69 Å². The molecule has 2 aromatic heterocycles. The SMILES string of the molecule is COC(=O)c1ccc(-c2cncc([N+](=O)[O-])c2)nc1. The second-order valence-corrected chi connectivity index (χ2v) is 3.61. The van der Waals surface area contributed by atoms with Crippen LogP contribution in [-0.4, -0.2) is 28.0 Å². The lowest BCUT2D eigenvalue weighted by atomic mass is 10.1. The normalized spacial score (nSPS) is 9.95. The highest BCUT2D eigenvalue weighted by Gasteiger charge is 2.10. The summed E-state index contributed by atoms with van der Waals surface area (Å²) in [6, 6.07) is 4.48. The molecule has 0 N–H and O–H groups in total. The number of hydrogen-bond donors (Lipinski definition) is 0. The summed E-state index contributed by atoms with van der Waals surface area (Å²) in [4.78, 5) is 29.2. The predicted molar refractivity (Wildman–Crippen MR) is 65.5 cm³/mol. The second kappa shape index (κ2) is 5.21. The Morgan fingerprint density at radius 1 is 1.32 bits per heavy atom. The summed E-state index contributed by atoms with van der Waals surface area (Å²) in [6.07, 6.45) is 3.97. The van der Waals surface area contributed by atoms with Crippen LogP contribution in [0.2, 0.25) is 0 Å². The lowest BCUT2D eigenvalue weighted by Gasteiger charge is -2.02. The van der Waals surface area contributed by atoms with Crippen LogP contribution < -0.4 is 0 Å². The van der Waals surface area contributed by atoms with E-state index in [1.807, 2.05) is 0 Å². The Bertz CT molecular complexity index is 625. The van der Waals surface area contributed by atoms with Crippen molar-refractivity contribution in [2.45, 2.75) is 0 Å². The molecule has 0 aliphatic heterocycles. The first-order chi connectivity index (χ1) is 9.11. The number of aromatic nitrogens is 2. The van der Waals surface area contributed by atoms with E-state index in [-0.39, 0.29) is 5.69 Å². The van der Waals surface area contributed by atoms with Gasteiger partial charge in [0, 0.05) is 24.0 Å². The Kier molecular flexibility index (Phi) is 3.46. The maximum absolute atomic E-state index is 11.2. The number of carbonyl (C=O) groups is 1. The van der Waals surface area contributed by atoms with Gasteiger partial charge < -0.3 is 4.74 Å². The average Bonchev–Trinajstić information content (AvgIpc) is 2.46. The quantitative estimate of drug-likeness (QED) is 0.474. The molecule has 19 heavy (non-hydrogen) atoms. The molecule has 0 aliphatic carbocycles. The van der Waals surface area contributed by atoms with Crippen molar-refractivity contribution in [3.05, 3.63) is 52.5 Å². The molecular weight excluding hydrogens is 250 g/mol. The Morgan fingerprint density at radius 3 is 2.68 bits per heavy atom. The molecule has 0 saturated carbocycles. The number of methoxy groups -OCH3 is 1. The standard InChI is InChI=1S/C12H9N3O4/c1-19-12(16)8-2-3-11(14-6-8)9-4-10(15(17)18)7-13-5-9/h2-7H,1H3. The van der Waals surface area contributed by atoms with Gasteiger partial charge in [-0.15, -0.1) is 0 Å². The van der Waals surface area contributed by atoms with Crippen LogP contribution in [0.4, 0.5) is 5.69 Å². The van der Waals surface area contributed by atoms with E-state index < -0.39 is 10.9 Å². The number of nitrogens with zero attached hydrogens (tertiary/aromatic N) is 3. The molecular formula is C12H9N3O4. The zero-order valence-corrected chi connectivity index (χ0v) is 9.94. The molecule has 2 rings (SSSR count). The average molecular weight is 259 g/mol. The van der Waals surface area contributed by atoms with Crippen molar-refractivity contribution in [2.75, 3.05) is 7.11 Å². The van der Waals surface area contributed by atoms with Crippen LogP contribution in [0, 0.1) is 10.1 Å². The van der Waals surface area contributed by atoms with Crippen molar-refractivity contribution in [2.24, 2.45) is 0 Å². The fourth-order valence-corrected chi connectivity index (χ4v) is 1.47. The van der Waals surface area contributed by atoms with E-state index in [1.165, 1.54) is 31.6 Å². The summed E-state index contributed by atoms with van der Waals surface area (Å²) in [5.74, 6) is -0.490. The number of ether oxygens (including phenoxy) is 1. The molecule has 0 bridgehead atoms. The van der Waals surface area contributed by atoms with Crippen LogP contribution in [0.5, 0.6) is 0 Å². The molecule has 2 aromatic rings. The molecule has 0 saturated heterocycles. The van der Waals surface area contributed by atoms with E-state index in [0.717, 1.165) is 6.20 Å². The molecule has 0 aliphatic rings. The molecule has 7 heteroatoms. The zero-order valence-electron chi connectivity index (χ0n) is 9.94. The lowest BCUT2D eigenvalue weighted by Crippen LogP contribution is -2.01. The van der Waals surface area contributed by atoms with Gasteiger partial charge in [-0.2, -0.15) is 0 Å². The summed E-state index contributed by atoms with van der Waals surface area (Å²) in [7, 11) is 1.28. The minimum Gasteiger partial charge on any atom is -0.465 e. The second-order valence-electron chi connectivity index (χ2n) is 3.61. The van der Waals surface area contributed by atoms with Crippen LogP contribution in [0.25, 0.3) is 11.3 Å². The molecule has 0 aromatic carbocycles. The molecule has 2 heterocycles. The first kappa shape index (κ1) is 12.6. The van der Waals surface area contributed by atoms with E-state index in [2.05, 4.69) is 14.7 Å². The van der Waals surface area contributed by atoms with E-state index in [4.69, 9.17) is 0 Å². The third kappa shape index (κ3) is 2.71. The lowest BCUT2D eigenvalue weighted by molar-refractivity contribution is -0.385. The molecule has 0 amide bonds. The van der Waals surface area contributed by atoms with Gasteiger partial charge >= 0.3 is 5.97 Å². The number of pyridine rings is 2. The van der Waals surface area contributed by atoms with Crippen molar-refractivity contribution < 1.29 is 14.5 Å². The maximum atomic E-state index is 11.2. The molecule has 0 fully saturated rings. The number of nitro groups is 1. The van der Waals surface area contributed by atoms with Gasteiger partial charge in [-0.3, -0.25) is 20.1 Å². The Balaban J connectivity index is 2.34. The van der Waals surface area contributed by atoms with Gasteiger partial charge in [-0.05, 0) is 12.1 Å². The van der Waals surface area contributed by atoms with E-state index >= 15 is 0 Å². The predicted octanol–water partition coefficient (Wildman–Crippen LogP) is 1.84. The van der Waals surface area contributed by atoms with Crippen LogP contribution in [-0.2, 0) is 4.74 Å². The van der Waals surface area contributed by atoms with Crippen molar-refractivity contribution in [3.8, 4) is 11.3 Å². The number of hydrogen-bond acceptors (Lipinski definition) is 6. The van der Waals surface area contributed by atoms with Crippen LogP contribution >= 0.6 is 0 Å². The van der Waals surface area contributed by atoms with Gasteiger partial charge in [0.1, 0.15) is 6.20 Å². The van der Waals surface area contributed by atoms with Crippen molar-refractivity contribution in [3.63, 3.8) is 0 Å². The Hall–Kier alpha value is -2.83. The third-order valence-electron chi connectivity index (χ3n) is 2.41. The number of carbonyl (C=O) groups excluding carboxylic acids is 1. The van der Waals surface area contributed by atoms with Gasteiger partial charge in [0.15, 0.2) is 0 Å². The fraction of sp³-hybridized carbons (Fsp3) is 0.0833. The Morgan fingerprint density at radius 2 is 2.11 bits per heavy atom. The minimum atomic E-state index is -0.528. The summed E-state index contributed by atoms with van der Waals surface area (Å²) in [5.41, 5.74) is 1.19. The fourth-order valence-electron chi connectivity index (χ4n) is 1.47. The van der Waals surface area contributed by atoms with Crippen LogP contribution in [0.15, 0.2) is 36.8 Å². The van der Waals surface area contributed by atoms with E-state index in [1.54, 1.807) is 6.07 Å². The van der Waals surface area contributed by atoms with Crippen molar-refractivity contribution in [1.29, 1.82) is 0 Å². The van der Waals surface area contributed by atoms with Gasteiger partial charge in [-0.25, -0.2) is 4.79 Å². The molecule has 0 atom stereocenters. The summed E-state index contributed by atoms with van der Waals surface area (Å²) < 4.78 is 4.55. The van der Waals surface area contributed by atoms with E-state index in [0.29, 0.717) is 16.8 Å². The zero-order chi connectivity index (χ0) is 13.8. The topological polar surface area (TPSA) is 95.2 Å². The first-order valence-corrected chi connectivity index (χ1v) is 5.26. The van der Waals surface area contributed by atoms with Gasteiger partial charge in [0.05, 0.1) is 23.3 Å². The summed E-state index contributed by atoms with van der Waals surface area (Å²) in [5, 5.41) is 10.7. The molecule has 0 radical (unpaired) electrons. The smallest absolute Gasteiger partial charge is 0.339 e. The first-order valence-electron chi connectivity index (χ1n) is 5.26.